The van der Waals surface area contributed by atoms with Crippen LogP contribution in [0.2, 0.25) is 0 Å². The summed E-state index contributed by atoms with van der Waals surface area (Å²) in [6.45, 7) is 0.993. The van der Waals surface area contributed by atoms with Crippen molar-refractivity contribution in [3.8, 4) is 0 Å². The van der Waals surface area contributed by atoms with Crippen molar-refractivity contribution in [3.63, 3.8) is 0 Å². The molecular weight excluding hydrogens is 283 g/mol. The first kappa shape index (κ1) is 15.0. The van der Waals surface area contributed by atoms with Crippen LogP contribution in [0.4, 0.5) is 4.39 Å². The Kier molecular flexibility index (Phi) is 3.89. The van der Waals surface area contributed by atoms with Crippen molar-refractivity contribution >= 4 is 11.8 Å². The highest BCUT2D eigenvalue weighted by Crippen LogP contribution is 2.43. The predicted octanol–water partition coefficient (Wildman–Crippen LogP) is 1.97. The van der Waals surface area contributed by atoms with Crippen LogP contribution >= 0.6 is 0 Å². The van der Waals surface area contributed by atoms with Crippen LogP contribution in [0.25, 0.3) is 0 Å². The summed E-state index contributed by atoms with van der Waals surface area (Å²) in [7, 11) is 0. The van der Waals surface area contributed by atoms with E-state index in [0.717, 1.165) is 31.2 Å². The molecule has 1 aliphatic heterocycles. The van der Waals surface area contributed by atoms with E-state index >= 15 is 0 Å². The topological polar surface area (TPSA) is 63.4 Å². The molecule has 1 saturated carbocycles. The maximum Gasteiger partial charge on any atom is 0.233 e. The van der Waals surface area contributed by atoms with E-state index in [2.05, 4.69) is 0 Å². The molecule has 0 aromatic heterocycles. The molecule has 22 heavy (non-hydrogen) atoms. The van der Waals surface area contributed by atoms with Gasteiger partial charge in [0.2, 0.25) is 11.8 Å². The number of carbonyl (C=O) groups excluding carboxylic acids is 2. The average Bonchev–Trinajstić information content (AvgIpc) is 3.17. The first-order valence-corrected chi connectivity index (χ1v) is 7.88. The second-order valence-corrected chi connectivity index (χ2v) is 6.44. The van der Waals surface area contributed by atoms with Crippen LogP contribution in [0.3, 0.4) is 0 Å². The first-order valence-electron chi connectivity index (χ1n) is 7.88. The summed E-state index contributed by atoms with van der Waals surface area (Å²) >= 11 is 0. The number of hydrogen-bond donors (Lipinski definition) is 1. The molecule has 1 aliphatic carbocycles. The molecule has 0 spiro atoms. The standard InChI is InChI=1S/C17H21FN2O2/c18-14-5-3-13(4-6-14)17(8-1-2-9-17)16(22)20-10-7-12(11-20)15(19)21/h3-6,12H,1-2,7-11H2,(H2,19,21)/t12-/m0/s1. The van der Waals surface area contributed by atoms with Gasteiger partial charge in [-0.15, -0.1) is 0 Å². The van der Waals surface area contributed by atoms with Gasteiger partial charge in [0.25, 0.3) is 0 Å². The molecule has 1 heterocycles. The summed E-state index contributed by atoms with van der Waals surface area (Å²) in [6, 6.07) is 6.28. The van der Waals surface area contributed by atoms with Crippen molar-refractivity contribution < 1.29 is 14.0 Å². The van der Waals surface area contributed by atoms with Gasteiger partial charge >= 0.3 is 0 Å². The van der Waals surface area contributed by atoms with E-state index in [1.807, 2.05) is 0 Å². The van der Waals surface area contributed by atoms with Crippen LogP contribution in [0.1, 0.15) is 37.7 Å². The van der Waals surface area contributed by atoms with E-state index in [4.69, 9.17) is 5.73 Å². The molecule has 1 saturated heterocycles. The van der Waals surface area contributed by atoms with Crippen molar-refractivity contribution in [1.82, 2.24) is 4.90 Å². The number of likely N-dealkylation sites (tertiary alicyclic amines) is 1. The van der Waals surface area contributed by atoms with Gasteiger partial charge in [0.15, 0.2) is 0 Å². The number of amides is 2. The van der Waals surface area contributed by atoms with E-state index in [1.54, 1.807) is 17.0 Å². The summed E-state index contributed by atoms with van der Waals surface area (Å²) in [5.41, 5.74) is 5.69. The lowest BCUT2D eigenvalue weighted by molar-refractivity contribution is -0.136. The number of nitrogens with zero attached hydrogens (tertiary/aromatic N) is 1. The van der Waals surface area contributed by atoms with Crippen molar-refractivity contribution in [3.05, 3.63) is 35.6 Å². The minimum Gasteiger partial charge on any atom is -0.369 e. The molecule has 1 aromatic carbocycles. The molecule has 2 fully saturated rings. The van der Waals surface area contributed by atoms with Gasteiger partial charge in [-0.05, 0) is 37.0 Å². The fourth-order valence-corrected chi connectivity index (χ4v) is 3.85. The van der Waals surface area contributed by atoms with E-state index < -0.39 is 5.41 Å². The van der Waals surface area contributed by atoms with Crippen LogP contribution in [-0.2, 0) is 15.0 Å². The molecule has 2 N–H and O–H groups in total. The van der Waals surface area contributed by atoms with Gasteiger partial charge in [0, 0.05) is 13.1 Å². The number of rotatable bonds is 3. The highest BCUT2D eigenvalue weighted by atomic mass is 19.1. The zero-order valence-corrected chi connectivity index (χ0v) is 12.6. The fraction of sp³-hybridized carbons (Fsp3) is 0.529. The Hall–Kier alpha value is -1.91. The Bertz CT molecular complexity index is 579. The molecule has 4 nitrogen and oxygen atoms in total. The SMILES string of the molecule is NC(=O)[C@H]1CCN(C(=O)C2(c3ccc(F)cc3)CCCC2)C1. The number of carbonyl (C=O) groups is 2. The zero-order valence-electron chi connectivity index (χ0n) is 12.6. The summed E-state index contributed by atoms with van der Waals surface area (Å²) in [5.74, 6) is -0.798. The number of halogens is 1. The first-order chi connectivity index (χ1) is 10.5. The number of primary amides is 1. The third-order valence-electron chi connectivity index (χ3n) is 5.14. The molecule has 1 aromatic rings. The minimum atomic E-state index is -0.555. The van der Waals surface area contributed by atoms with Crippen molar-refractivity contribution in [1.29, 1.82) is 0 Å². The summed E-state index contributed by atoms with van der Waals surface area (Å²) in [4.78, 5) is 26.2. The third-order valence-corrected chi connectivity index (χ3v) is 5.14. The second kappa shape index (κ2) is 5.71. The van der Waals surface area contributed by atoms with Gasteiger partial charge in [-0.3, -0.25) is 9.59 Å². The lowest BCUT2D eigenvalue weighted by Gasteiger charge is -2.33. The lowest BCUT2D eigenvalue weighted by atomic mass is 9.77. The maximum atomic E-state index is 13.2. The van der Waals surface area contributed by atoms with Gasteiger partial charge in [0.1, 0.15) is 5.82 Å². The van der Waals surface area contributed by atoms with Crippen LogP contribution in [0, 0.1) is 11.7 Å². The molecule has 2 aliphatic rings. The second-order valence-electron chi connectivity index (χ2n) is 6.44. The third kappa shape index (κ3) is 2.49. The molecule has 3 rings (SSSR count). The quantitative estimate of drug-likeness (QED) is 0.928. The van der Waals surface area contributed by atoms with Crippen LogP contribution in [0.15, 0.2) is 24.3 Å². The Morgan fingerprint density at radius 2 is 1.82 bits per heavy atom. The van der Waals surface area contributed by atoms with Crippen molar-refractivity contribution in [2.24, 2.45) is 11.7 Å². The van der Waals surface area contributed by atoms with E-state index in [1.165, 1.54) is 12.1 Å². The smallest absolute Gasteiger partial charge is 0.233 e. The molecule has 0 bridgehead atoms. The summed E-state index contributed by atoms with van der Waals surface area (Å²) < 4.78 is 13.2. The number of nitrogens with two attached hydrogens (primary N) is 1. The Balaban J connectivity index is 1.86. The molecule has 5 heteroatoms. The van der Waals surface area contributed by atoms with Crippen LogP contribution in [-0.4, -0.2) is 29.8 Å². The average molecular weight is 304 g/mol. The van der Waals surface area contributed by atoms with Crippen LogP contribution < -0.4 is 5.73 Å². The van der Waals surface area contributed by atoms with Crippen molar-refractivity contribution in [2.45, 2.75) is 37.5 Å². The zero-order chi connectivity index (χ0) is 15.7. The van der Waals surface area contributed by atoms with Crippen molar-refractivity contribution in [2.75, 3.05) is 13.1 Å². The lowest BCUT2D eigenvalue weighted by Crippen LogP contribution is -2.45. The number of benzene rings is 1. The fourth-order valence-electron chi connectivity index (χ4n) is 3.85. The molecule has 2 amide bonds. The molecule has 118 valence electrons. The summed E-state index contributed by atoms with van der Waals surface area (Å²) in [5, 5.41) is 0. The van der Waals surface area contributed by atoms with Gasteiger partial charge in [-0.1, -0.05) is 25.0 Å². The Labute approximate surface area is 129 Å². The number of hydrogen-bond acceptors (Lipinski definition) is 2. The van der Waals surface area contributed by atoms with Crippen LogP contribution in [0.5, 0.6) is 0 Å². The highest BCUT2D eigenvalue weighted by molar-refractivity contribution is 5.89. The minimum absolute atomic E-state index is 0.0698. The maximum absolute atomic E-state index is 13.2. The molecule has 1 atom stereocenters. The molecule has 0 radical (unpaired) electrons. The molecular formula is C17H21FN2O2. The van der Waals surface area contributed by atoms with Gasteiger partial charge in [-0.25, -0.2) is 4.39 Å². The highest BCUT2D eigenvalue weighted by Gasteiger charge is 2.46. The van der Waals surface area contributed by atoms with E-state index in [-0.39, 0.29) is 23.5 Å². The van der Waals surface area contributed by atoms with E-state index in [0.29, 0.717) is 19.5 Å². The Morgan fingerprint density at radius 1 is 1.18 bits per heavy atom. The Morgan fingerprint density at radius 3 is 2.36 bits per heavy atom. The molecule has 0 unspecified atom stereocenters. The van der Waals surface area contributed by atoms with Gasteiger partial charge < -0.3 is 10.6 Å². The predicted molar refractivity (Wildman–Crippen MR) is 80.4 cm³/mol. The largest absolute Gasteiger partial charge is 0.369 e. The van der Waals surface area contributed by atoms with E-state index in [9.17, 15) is 14.0 Å². The monoisotopic (exact) mass is 304 g/mol. The summed E-state index contributed by atoms with van der Waals surface area (Å²) in [6.07, 6.45) is 4.21. The van der Waals surface area contributed by atoms with Gasteiger partial charge in [-0.2, -0.15) is 0 Å². The van der Waals surface area contributed by atoms with Gasteiger partial charge in [0.05, 0.1) is 11.3 Å². The normalized spacial score (nSPS) is 23.7.